The fourth-order valence-electron chi connectivity index (χ4n) is 2.38. The summed E-state index contributed by atoms with van der Waals surface area (Å²) in [6.07, 6.45) is 3.43. The summed E-state index contributed by atoms with van der Waals surface area (Å²) in [6, 6.07) is 7.51. The van der Waals surface area contributed by atoms with E-state index in [0.29, 0.717) is 6.42 Å². The lowest BCUT2D eigenvalue weighted by Crippen LogP contribution is -2.26. The van der Waals surface area contributed by atoms with Gasteiger partial charge in [-0.15, -0.1) is 0 Å². The number of aromatic nitrogens is 1. The van der Waals surface area contributed by atoms with Crippen LogP contribution in [0.25, 0.3) is 10.9 Å². The first kappa shape index (κ1) is 18.0. The molecule has 130 valence electrons. The van der Waals surface area contributed by atoms with Crippen molar-refractivity contribution >= 4 is 23.0 Å². The Kier molecular flexibility index (Phi) is 5.65. The Morgan fingerprint density at radius 1 is 1.17 bits per heavy atom. The number of hydrogen-bond donors (Lipinski definition) is 0. The van der Waals surface area contributed by atoms with Crippen LogP contribution in [0.5, 0.6) is 0 Å². The maximum atomic E-state index is 12.4. The first-order valence-corrected chi connectivity index (χ1v) is 8.29. The Hall–Kier alpha value is -2.30. The molecule has 2 rings (SSSR count). The van der Waals surface area contributed by atoms with Gasteiger partial charge in [-0.25, -0.2) is 4.79 Å². The van der Waals surface area contributed by atoms with E-state index in [-0.39, 0.29) is 12.6 Å². The van der Waals surface area contributed by atoms with Gasteiger partial charge in [0.05, 0.1) is 5.52 Å². The summed E-state index contributed by atoms with van der Waals surface area (Å²) in [5.41, 5.74) is 0.961. The summed E-state index contributed by atoms with van der Waals surface area (Å²) in [6.45, 7) is 7.66. The average molecular weight is 331 g/mol. The number of rotatable bonds is 5. The minimum Gasteiger partial charge on any atom is -0.461 e. The van der Waals surface area contributed by atoms with Crippen molar-refractivity contribution in [3.05, 3.63) is 36.0 Å². The van der Waals surface area contributed by atoms with Crippen LogP contribution in [0.15, 0.2) is 30.5 Å². The van der Waals surface area contributed by atoms with Crippen LogP contribution in [0.4, 0.5) is 4.79 Å². The molecule has 0 amide bonds. The van der Waals surface area contributed by atoms with Crippen molar-refractivity contribution < 1.29 is 19.1 Å². The van der Waals surface area contributed by atoms with Gasteiger partial charge in [-0.05, 0) is 33.3 Å². The zero-order chi connectivity index (χ0) is 17.7. The van der Waals surface area contributed by atoms with Gasteiger partial charge in [0.1, 0.15) is 12.2 Å². The Morgan fingerprint density at radius 3 is 2.54 bits per heavy atom. The number of esters is 1. The molecular weight excluding hydrogens is 306 g/mol. The molecule has 0 unspecified atom stereocenters. The summed E-state index contributed by atoms with van der Waals surface area (Å²) in [7, 11) is 0. The molecular formula is C19H25NO4. The summed E-state index contributed by atoms with van der Waals surface area (Å²) in [5.74, 6) is -0.217. The zero-order valence-corrected chi connectivity index (χ0v) is 14.8. The number of fused-ring (bicyclic) bond motifs is 1. The highest BCUT2D eigenvalue weighted by Gasteiger charge is 2.21. The average Bonchev–Trinajstić information content (AvgIpc) is 2.88. The quantitative estimate of drug-likeness (QED) is 0.748. The number of carbonyl (C=O) groups is 2. The normalized spacial score (nSPS) is 11.5. The minimum atomic E-state index is -0.574. The highest BCUT2D eigenvalue weighted by atomic mass is 16.6. The predicted molar refractivity (Wildman–Crippen MR) is 92.9 cm³/mol. The van der Waals surface area contributed by atoms with Crippen LogP contribution < -0.4 is 0 Å². The van der Waals surface area contributed by atoms with Gasteiger partial charge in [-0.2, -0.15) is 0 Å². The van der Waals surface area contributed by atoms with E-state index < -0.39 is 11.7 Å². The number of nitrogens with zero attached hydrogens (tertiary/aromatic N) is 1. The van der Waals surface area contributed by atoms with Crippen LogP contribution in [0.2, 0.25) is 0 Å². The molecule has 0 N–H and O–H groups in total. The molecule has 1 aromatic heterocycles. The van der Waals surface area contributed by atoms with E-state index in [1.807, 2.05) is 52.0 Å². The van der Waals surface area contributed by atoms with E-state index in [9.17, 15) is 9.59 Å². The second kappa shape index (κ2) is 7.51. The van der Waals surface area contributed by atoms with Crippen molar-refractivity contribution in [3.63, 3.8) is 0 Å². The van der Waals surface area contributed by atoms with Gasteiger partial charge in [-0.3, -0.25) is 9.36 Å². The van der Waals surface area contributed by atoms with Gasteiger partial charge in [0.25, 0.3) is 0 Å². The zero-order valence-electron chi connectivity index (χ0n) is 14.8. The third kappa shape index (κ3) is 4.60. The fourth-order valence-corrected chi connectivity index (χ4v) is 2.38. The van der Waals surface area contributed by atoms with Gasteiger partial charge >= 0.3 is 12.1 Å². The number of hydrogen-bond acceptors (Lipinski definition) is 4. The molecule has 5 nitrogen and oxygen atoms in total. The second-order valence-electron chi connectivity index (χ2n) is 6.79. The largest absolute Gasteiger partial charge is 0.461 e. The van der Waals surface area contributed by atoms with Crippen LogP contribution >= 0.6 is 0 Å². The van der Waals surface area contributed by atoms with Crippen molar-refractivity contribution in [1.29, 1.82) is 0 Å². The molecule has 2 aromatic rings. The molecule has 0 saturated heterocycles. The van der Waals surface area contributed by atoms with Crippen molar-refractivity contribution in [3.8, 4) is 0 Å². The number of unbranched alkanes of at least 4 members (excludes halogenated alkanes) is 1. The Balaban J connectivity index is 2.22. The van der Waals surface area contributed by atoms with E-state index in [2.05, 4.69) is 0 Å². The summed E-state index contributed by atoms with van der Waals surface area (Å²) >= 11 is 0. The standard InChI is InChI=1S/C19H25NO4/c1-5-6-11-17(21)23-13-14-12-20(18(22)24-19(2,3)4)16-10-8-7-9-15(14)16/h7-10,12H,5-6,11,13H2,1-4H3. The SMILES string of the molecule is CCCCC(=O)OCc1cn(C(=O)OC(C)(C)C)c2ccccc12. The Morgan fingerprint density at radius 2 is 1.88 bits per heavy atom. The summed E-state index contributed by atoms with van der Waals surface area (Å²) < 4.78 is 12.2. The smallest absolute Gasteiger partial charge is 0.419 e. The van der Waals surface area contributed by atoms with Crippen LogP contribution in [0.1, 0.15) is 52.5 Å². The van der Waals surface area contributed by atoms with Gasteiger partial charge in [0, 0.05) is 23.6 Å². The second-order valence-corrected chi connectivity index (χ2v) is 6.79. The highest BCUT2D eigenvalue weighted by molar-refractivity contribution is 5.92. The van der Waals surface area contributed by atoms with Crippen LogP contribution in [-0.2, 0) is 20.9 Å². The van der Waals surface area contributed by atoms with Crippen molar-refractivity contribution in [2.45, 2.75) is 59.2 Å². The third-order valence-electron chi connectivity index (χ3n) is 3.51. The molecule has 5 heteroatoms. The van der Waals surface area contributed by atoms with E-state index in [4.69, 9.17) is 9.47 Å². The third-order valence-corrected chi connectivity index (χ3v) is 3.51. The predicted octanol–water partition coefficient (Wildman–Crippen LogP) is 4.66. The molecule has 0 radical (unpaired) electrons. The van der Waals surface area contributed by atoms with E-state index >= 15 is 0 Å². The molecule has 0 atom stereocenters. The molecule has 1 heterocycles. The van der Waals surface area contributed by atoms with Gasteiger partial charge in [0.15, 0.2) is 0 Å². The topological polar surface area (TPSA) is 57.5 Å². The van der Waals surface area contributed by atoms with E-state index in [1.54, 1.807) is 6.20 Å². The van der Waals surface area contributed by atoms with E-state index in [1.165, 1.54) is 4.57 Å². The van der Waals surface area contributed by atoms with Crippen LogP contribution in [-0.4, -0.2) is 22.2 Å². The summed E-state index contributed by atoms with van der Waals surface area (Å²) in [4.78, 5) is 24.1. The molecule has 0 saturated carbocycles. The van der Waals surface area contributed by atoms with E-state index in [0.717, 1.165) is 29.3 Å². The Bertz CT molecular complexity index is 725. The van der Waals surface area contributed by atoms with Crippen molar-refractivity contribution in [1.82, 2.24) is 4.57 Å². The van der Waals surface area contributed by atoms with Crippen molar-refractivity contribution in [2.75, 3.05) is 0 Å². The number of para-hydroxylation sites is 1. The monoisotopic (exact) mass is 331 g/mol. The highest BCUT2D eigenvalue weighted by Crippen LogP contribution is 2.23. The number of ether oxygens (including phenoxy) is 2. The maximum Gasteiger partial charge on any atom is 0.419 e. The lowest BCUT2D eigenvalue weighted by Gasteiger charge is -2.19. The van der Waals surface area contributed by atoms with Gasteiger partial charge in [0.2, 0.25) is 0 Å². The minimum absolute atomic E-state index is 0.152. The molecule has 0 aliphatic carbocycles. The molecule has 24 heavy (non-hydrogen) atoms. The first-order chi connectivity index (χ1) is 11.3. The fraction of sp³-hybridized carbons (Fsp3) is 0.474. The number of carbonyl (C=O) groups excluding carboxylic acids is 2. The van der Waals surface area contributed by atoms with Crippen LogP contribution in [0, 0.1) is 0 Å². The van der Waals surface area contributed by atoms with Crippen molar-refractivity contribution in [2.24, 2.45) is 0 Å². The lowest BCUT2D eigenvalue weighted by molar-refractivity contribution is -0.145. The Labute approximate surface area is 142 Å². The molecule has 0 aliphatic heterocycles. The maximum absolute atomic E-state index is 12.4. The molecule has 0 spiro atoms. The first-order valence-electron chi connectivity index (χ1n) is 8.29. The van der Waals surface area contributed by atoms with Crippen LogP contribution in [0.3, 0.4) is 0 Å². The molecule has 1 aromatic carbocycles. The van der Waals surface area contributed by atoms with Gasteiger partial charge in [-0.1, -0.05) is 31.5 Å². The number of benzene rings is 1. The van der Waals surface area contributed by atoms with Gasteiger partial charge < -0.3 is 9.47 Å². The molecule has 0 bridgehead atoms. The molecule has 0 aliphatic rings. The lowest BCUT2D eigenvalue weighted by atomic mass is 10.2. The summed E-state index contributed by atoms with van der Waals surface area (Å²) in [5, 5.41) is 0.881. The molecule has 0 fully saturated rings.